The number of rotatable bonds is 7. The van der Waals surface area contributed by atoms with Gasteiger partial charge in [-0.25, -0.2) is 9.07 Å². The highest BCUT2D eigenvalue weighted by Gasteiger charge is 2.15. The molecule has 0 amide bonds. The van der Waals surface area contributed by atoms with Gasteiger partial charge in [-0.3, -0.25) is 0 Å². The Balaban J connectivity index is 2.09. The van der Waals surface area contributed by atoms with E-state index >= 15 is 0 Å². The van der Waals surface area contributed by atoms with Gasteiger partial charge < -0.3 is 9.47 Å². The van der Waals surface area contributed by atoms with E-state index in [1.807, 2.05) is 13.8 Å². The zero-order valence-electron chi connectivity index (χ0n) is 11.9. The van der Waals surface area contributed by atoms with Gasteiger partial charge in [0, 0.05) is 13.2 Å². The summed E-state index contributed by atoms with van der Waals surface area (Å²) in [7, 11) is 0. The molecule has 1 aromatic carbocycles. The molecule has 1 heterocycles. The van der Waals surface area contributed by atoms with Gasteiger partial charge in [-0.1, -0.05) is 11.3 Å². The summed E-state index contributed by atoms with van der Waals surface area (Å²) in [6, 6.07) is 4.85. The van der Waals surface area contributed by atoms with Crippen molar-refractivity contribution in [1.82, 2.24) is 15.0 Å². The second-order valence-corrected chi connectivity index (χ2v) is 5.19. The molecule has 0 N–H and O–H groups in total. The van der Waals surface area contributed by atoms with Crippen molar-refractivity contribution in [2.24, 2.45) is 0 Å². The first-order valence-corrected chi connectivity index (χ1v) is 7.50. The average molecular weight is 358 g/mol. The standard InChI is InChI=1S/C14H17BrFN3O2/c1-3-20-14(21-4-2)13-9-19(18-17-13)8-10-5-6-12(16)11(15)7-10/h5-7,9,14H,3-4,8H2,1-2H3. The molecule has 0 bridgehead atoms. The molecule has 0 saturated heterocycles. The highest BCUT2D eigenvalue weighted by Crippen LogP contribution is 2.19. The highest BCUT2D eigenvalue weighted by atomic mass is 79.9. The van der Waals surface area contributed by atoms with Gasteiger partial charge in [0.05, 0.1) is 17.2 Å². The lowest BCUT2D eigenvalue weighted by atomic mass is 10.2. The van der Waals surface area contributed by atoms with Crippen molar-refractivity contribution in [2.75, 3.05) is 13.2 Å². The molecule has 0 aliphatic heterocycles. The van der Waals surface area contributed by atoms with E-state index in [0.29, 0.717) is 29.9 Å². The van der Waals surface area contributed by atoms with Crippen molar-refractivity contribution in [2.45, 2.75) is 26.7 Å². The Morgan fingerprint density at radius 3 is 2.62 bits per heavy atom. The van der Waals surface area contributed by atoms with Crippen LogP contribution in [-0.2, 0) is 16.0 Å². The minimum absolute atomic E-state index is 0.286. The van der Waals surface area contributed by atoms with Gasteiger partial charge >= 0.3 is 0 Å². The van der Waals surface area contributed by atoms with Gasteiger partial charge in [0.1, 0.15) is 11.5 Å². The quantitative estimate of drug-likeness (QED) is 0.713. The monoisotopic (exact) mass is 357 g/mol. The molecule has 0 aliphatic rings. The first-order valence-electron chi connectivity index (χ1n) is 6.71. The summed E-state index contributed by atoms with van der Waals surface area (Å²) >= 11 is 3.17. The molecule has 0 unspecified atom stereocenters. The van der Waals surface area contributed by atoms with Crippen molar-refractivity contribution in [3.8, 4) is 0 Å². The van der Waals surface area contributed by atoms with Gasteiger partial charge in [0.15, 0.2) is 0 Å². The second kappa shape index (κ2) is 7.63. The minimum Gasteiger partial charge on any atom is -0.347 e. The van der Waals surface area contributed by atoms with Crippen molar-refractivity contribution in [3.63, 3.8) is 0 Å². The fourth-order valence-electron chi connectivity index (χ4n) is 1.85. The van der Waals surface area contributed by atoms with E-state index < -0.39 is 6.29 Å². The van der Waals surface area contributed by atoms with Crippen LogP contribution in [0.5, 0.6) is 0 Å². The highest BCUT2D eigenvalue weighted by molar-refractivity contribution is 9.10. The van der Waals surface area contributed by atoms with Gasteiger partial charge in [0.2, 0.25) is 6.29 Å². The lowest BCUT2D eigenvalue weighted by Crippen LogP contribution is -2.09. The molecule has 0 atom stereocenters. The van der Waals surface area contributed by atoms with E-state index in [0.717, 1.165) is 5.56 Å². The SMILES string of the molecule is CCOC(OCC)c1cn(Cc2ccc(F)c(Br)c2)nn1. The smallest absolute Gasteiger partial charge is 0.204 e. The van der Waals surface area contributed by atoms with Crippen LogP contribution in [0.25, 0.3) is 0 Å². The van der Waals surface area contributed by atoms with Crippen molar-refractivity contribution in [3.05, 3.63) is 45.9 Å². The number of hydrogen-bond acceptors (Lipinski definition) is 4. The summed E-state index contributed by atoms with van der Waals surface area (Å²) in [4.78, 5) is 0. The molecule has 2 rings (SSSR count). The summed E-state index contributed by atoms with van der Waals surface area (Å²) in [5.41, 5.74) is 1.55. The predicted molar refractivity (Wildman–Crippen MR) is 79.2 cm³/mol. The topological polar surface area (TPSA) is 49.2 Å². The molecule has 2 aromatic rings. The molecule has 21 heavy (non-hydrogen) atoms. The van der Waals surface area contributed by atoms with Crippen molar-refractivity contribution < 1.29 is 13.9 Å². The molecule has 0 radical (unpaired) electrons. The Labute approximate surface area is 131 Å². The third kappa shape index (κ3) is 4.33. The maximum Gasteiger partial charge on any atom is 0.204 e. The van der Waals surface area contributed by atoms with Gasteiger partial charge in [-0.05, 0) is 47.5 Å². The Kier molecular flexibility index (Phi) is 5.84. The molecule has 5 nitrogen and oxygen atoms in total. The van der Waals surface area contributed by atoms with Crippen LogP contribution in [0.4, 0.5) is 4.39 Å². The van der Waals surface area contributed by atoms with Crippen LogP contribution in [0.15, 0.2) is 28.9 Å². The maximum atomic E-state index is 13.2. The van der Waals surface area contributed by atoms with Crippen molar-refractivity contribution in [1.29, 1.82) is 0 Å². The zero-order valence-corrected chi connectivity index (χ0v) is 13.5. The molecule has 7 heteroatoms. The Hall–Kier alpha value is -1.31. The molecule has 0 saturated carbocycles. The maximum absolute atomic E-state index is 13.2. The molecular formula is C14H17BrFN3O2. The fraction of sp³-hybridized carbons (Fsp3) is 0.429. The van der Waals surface area contributed by atoms with E-state index in [9.17, 15) is 4.39 Å². The molecule has 0 spiro atoms. The number of benzene rings is 1. The second-order valence-electron chi connectivity index (χ2n) is 4.33. The number of hydrogen-bond donors (Lipinski definition) is 0. The lowest BCUT2D eigenvalue weighted by molar-refractivity contribution is -0.142. The van der Waals surface area contributed by atoms with E-state index in [4.69, 9.17) is 9.47 Å². The summed E-state index contributed by atoms with van der Waals surface area (Å²) < 4.78 is 26.2. The van der Waals surface area contributed by atoms with Gasteiger partial charge in [-0.2, -0.15) is 0 Å². The van der Waals surface area contributed by atoms with E-state index in [1.165, 1.54) is 6.07 Å². The van der Waals surface area contributed by atoms with Crippen LogP contribution in [0.3, 0.4) is 0 Å². The molecule has 1 aromatic heterocycles. The first kappa shape index (κ1) is 16.1. The van der Waals surface area contributed by atoms with E-state index in [-0.39, 0.29) is 5.82 Å². The number of halogens is 2. The van der Waals surface area contributed by atoms with Gasteiger partial charge in [0.25, 0.3) is 0 Å². The third-order valence-electron chi connectivity index (χ3n) is 2.76. The van der Waals surface area contributed by atoms with E-state index in [2.05, 4.69) is 26.2 Å². The normalized spacial score (nSPS) is 11.3. The van der Waals surface area contributed by atoms with Crippen LogP contribution >= 0.6 is 15.9 Å². The average Bonchev–Trinajstić information content (AvgIpc) is 2.91. The summed E-state index contributed by atoms with van der Waals surface area (Å²) in [5.74, 6) is -0.286. The molecule has 0 aliphatic carbocycles. The van der Waals surface area contributed by atoms with Crippen LogP contribution in [-0.4, -0.2) is 28.2 Å². The van der Waals surface area contributed by atoms with Crippen LogP contribution in [0, 0.1) is 5.82 Å². The van der Waals surface area contributed by atoms with Crippen LogP contribution in [0.2, 0.25) is 0 Å². The Morgan fingerprint density at radius 1 is 1.29 bits per heavy atom. The van der Waals surface area contributed by atoms with Crippen LogP contribution < -0.4 is 0 Å². The molecular weight excluding hydrogens is 341 g/mol. The molecule has 0 fully saturated rings. The third-order valence-corrected chi connectivity index (χ3v) is 3.37. The number of ether oxygens (including phenoxy) is 2. The lowest BCUT2D eigenvalue weighted by Gasteiger charge is -2.13. The fourth-order valence-corrected chi connectivity index (χ4v) is 2.27. The zero-order chi connectivity index (χ0) is 15.2. The summed E-state index contributed by atoms with van der Waals surface area (Å²) in [6.07, 6.45) is 1.27. The number of aromatic nitrogens is 3. The van der Waals surface area contributed by atoms with Crippen LogP contribution in [0.1, 0.15) is 31.4 Å². The molecule has 114 valence electrons. The van der Waals surface area contributed by atoms with Crippen molar-refractivity contribution >= 4 is 15.9 Å². The van der Waals surface area contributed by atoms with E-state index in [1.54, 1.807) is 23.0 Å². The van der Waals surface area contributed by atoms with Gasteiger partial charge in [-0.15, -0.1) is 5.10 Å². The summed E-state index contributed by atoms with van der Waals surface area (Å²) in [6.45, 7) is 5.35. The first-order chi connectivity index (χ1) is 10.1. The Morgan fingerprint density at radius 2 is 2.00 bits per heavy atom. The largest absolute Gasteiger partial charge is 0.347 e. The predicted octanol–water partition coefficient (Wildman–Crippen LogP) is 3.30. The summed E-state index contributed by atoms with van der Waals surface area (Å²) in [5, 5.41) is 8.11. The Bertz CT molecular complexity index is 585. The number of nitrogens with zero attached hydrogens (tertiary/aromatic N) is 3. The minimum atomic E-state index is -0.506.